The van der Waals surface area contributed by atoms with Gasteiger partial charge in [-0.2, -0.15) is 0 Å². The molecule has 1 saturated carbocycles. The number of hydrogen-bond acceptors (Lipinski definition) is 3. The van der Waals surface area contributed by atoms with E-state index in [1.54, 1.807) is 0 Å². The Hall–Kier alpha value is -1.22. The van der Waals surface area contributed by atoms with Gasteiger partial charge in [0.2, 0.25) is 6.79 Å². The van der Waals surface area contributed by atoms with Crippen molar-refractivity contribution in [2.45, 2.75) is 51.6 Å². The summed E-state index contributed by atoms with van der Waals surface area (Å²) in [6, 6.07) is 6.81. The van der Waals surface area contributed by atoms with E-state index in [9.17, 15) is 0 Å². The first kappa shape index (κ1) is 12.8. The summed E-state index contributed by atoms with van der Waals surface area (Å²) in [4.78, 5) is 0. The van der Waals surface area contributed by atoms with E-state index in [0.29, 0.717) is 12.8 Å². The van der Waals surface area contributed by atoms with Crippen molar-refractivity contribution in [3.05, 3.63) is 23.8 Å². The molecular formula is C16H23NO2. The van der Waals surface area contributed by atoms with Crippen molar-refractivity contribution in [1.29, 1.82) is 0 Å². The second-order valence-corrected chi connectivity index (χ2v) is 5.76. The van der Waals surface area contributed by atoms with Crippen LogP contribution < -0.4 is 14.8 Å². The molecule has 1 heterocycles. The molecule has 1 aliphatic heterocycles. The van der Waals surface area contributed by atoms with Crippen LogP contribution in [0.2, 0.25) is 0 Å². The highest BCUT2D eigenvalue weighted by atomic mass is 16.7. The van der Waals surface area contributed by atoms with Gasteiger partial charge in [0.05, 0.1) is 0 Å². The molecular weight excluding hydrogens is 238 g/mol. The average Bonchev–Trinajstić information content (AvgIpc) is 2.93. The lowest BCUT2D eigenvalue weighted by Gasteiger charge is -2.28. The van der Waals surface area contributed by atoms with E-state index in [2.05, 4.69) is 24.4 Å². The minimum atomic E-state index is 0.352. The SMILES string of the molecule is C[C@H](NCc1ccc2c(c1)OCO2)C1CCCCC1. The molecule has 1 atom stereocenters. The monoisotopic (exact) mass is 261 g/mol. The molecule has 19 heavy (non-hydrogen) atoms. The van der Waals surface area contributed by atoms with Crippen LogP contribution in [0.15, 0.2) is 18.2 Å². The van der Waals surface area contributed by atoms with E-state index in [1.807, 2.05) is 6.07 Å². The van der Waals surface area contributed by atoms with Crippen LogP contribution in [-0.4, -0.2) is 12.8 Å². The molecule has 1 N–H and O–H groups in total. The second-order valence-electron chi connectivity index (χ2n) is 5.76. The molecule has 0 saturated heterocycles. The quantitative estimate of drug-likeness (QED) is 0.900. The lowest BCUT2D eigenvalue weighted by molar-refractivity contribution is 0.174. The van der Waals surface area contributed by atoms with Crippen LogP contribution in [0.1, 0.15) is 44.6 Å². The molecule has 3 heteroatoms. The van der Waals surface area contributed by atoms with Gasteiger partial charge in [-0.25, -0.2) is 0 Å². The van der Waals surface area contributed by atoms with Gasteiger partial charge in [-0.1, -0.05) is 25.3 Å². The molecule has 3 nitrogen and oxygen atoms in total. The van der Waals surface area contributed by atoms with Gasteiger partial charge in [-0.15, -0.1) is 0 Å². The van der Waals surface area contributed by atoms with E-state index in [0.717, 1.165) is 24.0 Å². The van der Waals surface area contributed by atoms with Crippen molar-refractivity contribution >= 4 is 0 Å². The van der Waals surface area contributed by atoms with Crippen molar-refractivity contribution in [2.24, 2.45) is 5.92 Å². The highest BCUT2D eigenvalue weighted by Crippen LogP contribution is 2.32. The van der Waals surface area contributed by atoms with Crippen LogP contribution in [0.3, 0.4) is 0 Å². The van der Waals surface area contributed by atoms with Crippen molar-refractivity contribution < 1.29 is 9.47 Å². The zero-order valence-electron chi connectivity index (χ0n) is 11.7. The third kappa shape index (κ3) is 3.03. The molecule has 1 fully saturated rings. The lowest BCUT2D eigenvalue weighted by atomic mass is 9.84. The molecule has 0 amide bonds. The normalized spacial score (nSPS) is 20.5. The van der Waals surface area contributed by atoms with Crippen LogP contribution in [-0.2, 0) is 6.54 Å². The Morgan fingerprint density at radius 1 is 1.16 bits per heavy atom. The molecule has 1 aromatic rings. The maximum absolute atomic E-state index is 5.41. The summed E-state index contributed by atoms with van der Waals surface area (Å²) in [5.41, 5.74) is 1.27. The van der Waals surface area contributed by atoms with Gasteiger partial charge in [-0.05, 0) is 43.4 Å². The predicted octanol–water partition coefficient (Wildman–Crippen LogP) is 3.47. The number of ether oxygens (including phenoxy) is 2. The first-order valence-electron chi connectivity index (χ1n) is 7.45. The molecule has 2 aliphatic rings. The Kier molecular flexibility index (Phi) is 3.92. The zero-order chi connectivity index (χ0) is 13.1. The molecule has 3 rings (SSSR count). The van der Waals surface area contributed by atoms with Gasteiger partial charge < -0.3 is 14.8 Å². The Morgan fingerprint density at radius 2 is 1.95 bits per heavy atom. The Balaban J connectivity index is 1.53. The first-order valence-corrected chi connectivity index (χ1v) is 7.45. The van der Waals surface area contributed by atoms with Crippen molar-refractivity contribution in [3.8, 4) is 11.5 Å². The second kappa shape index (κ2) is 5.83. The maximum Gasteiger partial charge on any atom is 0.231 e. The van der Waals surface area contributed by atoms with Crippen LogP contribution in [0.5, 0.6) is 11.5 Å². The maximum atomic E-state index is 5.41. The standard InChI is InChI=1S/C16H23NO2/c1-12(14-5-3-2-4-6-14)17-10-13-7-8-15-16(9-13)19-11-18-15/h7-9,12,14,17H,2-6,10-11H2,1H3/t12-/m0/s1. The topological polar surface area (TPSA) is 30.5 Å². The summed E-state index contributed by atoms with van der Waals surface area (Å²) < 4.78 is 10.7. The fourth-order valence-corrected chi connectivity index (χ4v) is 3.13. The Labute approximate surface area is 115 Å². The van der Waals surface area contributed by atoms with Crippen molar-refractivity contribution in [1.82, 2.24) is 5.32 Å². The first-order chi connectivity index (χ1) is 9.33. The fourth-order valence-electron chi connectivity index (χ4n) is 3.13. The zero-order valence-corrected chi connectivity index (χ0v) is 11.7. The summed E-state index contributed by atoms with van der Waals surface area (Å²) in [5.74, 6) is 2.59. The van der Waals surface area contributed by atoms with Crippen LogP contribution in [0.4, 0.5) is 0 Å². The highest BCUT2D eigenvalue weighted by Gasteiger charge is 2.20. The van der Waals surface area contributed by atoms with Gasteiger partial charge in [0.15, 0.2) is 11.5 Å². The number of benzene rings is 1. The van der Waals surface area contributed by atoms with E-state index in [1.165, 1.54) is 37.7 Å². The summed E-state index contributed by atoms with van der Waals surface area (Å²) in [6.45, 7) is 3.59. The minimum Gasteiger partial charge on any atom is -0.454 e. The van der Waals surface area contributed by atoms with Gasteiger partial charge in [-0.3, -0.25) is 0 Å². The van der Waals surface area contributed by atoms with Crippen LogP contribution >= 0.6 is 0 Å². The third-order valence-electron chi connectivity index (χ3n) is 4.42. The van der Waals surface area contributed by atoms with Crippen molar-refractivity contribution in [3.63, 3.8) is 0 Å². The van der Waals surface area contributed by atoms with E-state index >= 15 is 0 Å². The molecule has 0 unspecified atom stereocenters. The molecule has 1 aliphatic carbocycles. The predicted molar refractivity (Wildman–Crippen MR) is 75.4 cm³/mol. The lowest BCUT2D eigenvalue weighted by Crippen LogP contribution is -2.34. The number of nitrogens with one attached hydrogen (secondary N) is 1. The number of rotatable bonds is 4. The summed E-state index contributed by atoms with van der Waals surface area (Å²) in [7, 11) is 0. The average molecular weight is 261 g/mol. The third-order valence-corrected chi connectivity index (χ3v) is 4.42. The smallest absolute Gasteiger partial charge is 0.231 e. The molecule has 0 aromatic heterocycles. The van der Waals surface area contributed by atoms with Crippen LogP contribution in [0, 0.1) is 5.92 Å². The summed E-state index contributed by atoms with van der Waals surface area (Å²) in [6.07, 6.45) is 7.00. The molecule has 0 bridgehead atoms. The molecule has 1 aromatic carbocycles. The highest BCUT2D eigenvalue weighted by molar-refractivity contribution is 5.44. The minimum absolute atomic E-state index is 0.352. The van der Waals surface area contributed by atoms with Crippen molar-refractivity contribution in [2.75, 3.05) is 6.79 Å². The van der Waals surface area contributed by atoms with Gasteiger partial charge in [0.25, 0.3) is 0 Å². The van der Waals surface area contributed by atoms with Crippen LogP contribution in [0.25, 0.3) is 0 Å². The van der Waals surface area contributed by atoms with E-state index in [-0.39, 0.29) is 0 Å². The van der Waals surface area contributed by atoms with E-state index < -0.39 is 0 Å². The Morgan fingerprint density at radius 3 is 2.79 bits per heavy atom. The van der Waals surface area contributed by atoms with Gasteiger partial charge in [0.1, 0.15) is 0 Å². The number of hydrogen-bond donors (Lipinski definition) is 1. The van der Waals surface area contributed by atoms with E-state index in [4.69, 9.17) is 9.47 Å². The van der Waals surface area contributed by atoms with Gasteiger partial charge in [0, 0.05) is 12.6 Å². The molecule has 0 spiro atoms. The fraction of sp³-hybridized carbons (Fsp3) is 0.625. The summed E-state index contributed by atoms with van der Waals surface area (Å²) in [5, 5.41) is 3.66. The summed E-state index contributed by atoms with van der Waals surface area (Å²) >= 11 is 0. The molecule has 104 valence electrons. The molecule has 0 radical (unpaired) electrons. The van der Waals surface area contributed by atoms with Gasteiger partial charge >= 0.3 is 0 Å². The largest absolute Gasteiger partial charge is 0.454 e. The Bertz CT molecular complexity index is 427. The number of fused-ring (bicyclic) bond motifs is 1.